The van der Waals surface area contributed by atoms with Gasteiger partial charge in [0.25, 0.3) is 5.91 Å². The molecule has 1 aromatic heterocycles. The van der Waals surface area contributed by atoms with Gasteiger partial charge in [-0.25, -0.2) is 0 Å². The number of thioether (sulfide) groups is 1. The van der Waals surface area contributed by atoms with E-state index in [0.717, 1.165) is 23.4 Å². The van der Waals surface area contributed by atoms with Crippen LogP contribution in [0.25, 0.3) is 0 Å². The Morgan fingerprint density at radius 1 is 1.21 bits per heavy atom. The largest absolute Gasteiger partial charge is 0.469 e. The Hall–Kier alpha value is -2.81. The molecule has 1 fully saturated rings. The summed E-state index contributed by atoms with van der Waals surface area (Å²) >= 11 is 1.67. The maximum absolute atomic E-state index is 13.0. The molecule has 0 radical (unpaired) electrons. The predicted molar refractivity (Wildman–Crippen MR) is 125 cm³/mol. The van der Waals surface area contributed by atoms with Crippen molar-refractivity contribution in [1.29, 1.82) is 0 Å². The van der Waals surface area contributed by atoms with E-state index in [4.69, 9.17) is 0 Å². The third kappa shape index (κ3) is 5.76. The second-order valence-corrected chi connectivity index (χ2v) is 9.45. The van der Waals surface area contributed by atoms with E-state index in [1.165, 1.54) is 24.8 Å². The third-order valence-corrected chi connectivity index (χ3v) is 6.93. The number of hydrogen-bond donors (Lipinski definition) is 1. The number of nitrogens with zero attached hydrogens (tertiary/aromatic N) is 3. The number of carbonyl (C=O) groups is 3. The Balaban J connectivity index is 1.47. The summed E-state index contributed by atoms with van der Waals surface area (Å²) in [5, 5.41) is 7.41. The molecule has 0 bridgehead atoms. The molecule has 2 amide bonds. The molecular weight excluding hydrogens is 440 g/mol. The molecule has 9 heteroatoms. The minimum absolute atomic E-state index is 0.0459. The highest BCUT2D eigenvalue weighted by Gasteiger charge is 2.32. The Morgan fingerprint density at radius 3 is 2.64 bits per heavy atom. The third-order valence-electron chi connectivity index (χ3n) is 6.19. The van der Waals surface area contributed by atoms with Crippen molar-refractivity contribution in [3.63, 3.8) is 0 Å². The minimum Gasteiger partial charge on any atom is -0.469 e. The summed E-state index contributed by atoms with van der Waals surface area (Å²) in [5.41, 5.74) is 3.21. The molecule has 1 aliphatic carbocycles. The molecule has 1 N–H and O–H groups in total. The molecule has 1 aliphatic heterocycles. The van der Waals surface area contributed by atoms with Gasteiger partial charge in [0, 0.05) is 48.8 Å². The molecule has 1 aromatic carbocycles. The first-order chi connectivity index (χ1) is 16.0. The van der Waals surface area contributed by atoms with Crippen LogP contribution in [-0.2, 0) is 40.3 Å². The number of benzene rings is 1. The van der Waals surface area contributed by atoms with E-state index in [0.29, 0.717) is 37.5 Å². The van der Waals surface area contributed by atoms with E-state index in [-0.39, 0.29) is 30.7 Å². The van der Waals surface area contributed by atoms with Gasteiger partial charge in [-0.3, -0.25) is 19.1 Å². The summed E-state index contributed by atoms with van der Waals surface area (Å²) in [7, 11) is 1.32. The van der Waals surface area contributed by atoms with Gasteiger partial charge in [0.05, 0.1) is 20.0 Å². The number of aromatic nitrogens is 2. The number of ether oxygens (including phenoxy) is 1. The number of rotatable bonds is 9. The molecule has 0 saturated heterocycles. The van der Waals surface area contributed by atoms with Crippen molar-refractivity contribution in [3.8, 4) is 0 Å². The SMILES string of the molecule is COC(=O)CCNC(=O)c1nn(CC2CC2)c2c1CN(C(=O)Cc1ccc(SC)cc1)CC2. The normalized spacial score (nSPS) is 15.2. The Morgan fingerprint density at radius 2 is 1.97 bits per heavy atom. The summed E-state index contributed by atoms with van der Waals surface area (Å²) < 4.78 is 6.59. The zero-order chi connectivity index (χ0) is 23.4. The van der Waals surface area contributed by atoms with Crippen LogP contribution in [0, 0.1) is 5.92 Å². The highest BCUT2D eigenvalue weighted by molar-refractivity contribution is 7.98. The van der Waals surface area contributed by atoms with Gasteiger partial charge in [-0.2, -0.15) is 5.10 Å². The first-order valence-corrected chi connectivity index (χ1v) is 12.5. The number of fused-ring (bicyclic) bond motifs is 1. The lowest BCUT2D eigenvalue weighted by molar-refractivity contribution is -0.140. The average molecular weight is 471 g/mol. The molecule has 0 spiro atoms. The van der Waals surface area contributed by atoms with E-state index >= 15 is 0 Å². The molecular formula is C24H30N4O4S. The van der Waals surface area contributed by atoms with Crippen molar-refractivity contribution >= 4 is 29.5 Å². The zero-order valence-electron chi connectivity index (χ0n) is 19.1. The average Bonchev–Trinajstić information content (AvgIpc) is 3.58. The first-order valence-electron chi connectivity index (χ1n) is 11.3. The number of amides is 2. The molecule has 2 aliphatic rings. The van der Waals surface area contributed by atoms with Gasteiger partial charge in [-0.05, 0) is 42.7 Å². The number of esters is 1. The van der Waals surface area contributed by atoms with Gasteiger partial charge in [0.1, 0.15) is 0 Å². The molecule has 2 aromatic rings. The maximum Gasteiger partial charge on any atom is 0.307 e. The van der Waals surface area contributed by atoms with Crippen LogP contribution < -0.4 is 5.32 Å². The molecule has 0 atom stereocenters. The molecule has 0 unspecified atom stereocenters. The monoisotopic (exact) mass is 470 g/mol. The lowest BCUT2D eigenvalue weighted by Crippen LogP contribution is -2.38. The fourth-order valence-electron chi connectivity index (χ4n) is 4.08. The standard InChI is InChI=1S/C24H30N4O4S/c1-32-22(30)9-11-25-24(31)23-19-15-27(12-10-20(19)28(26-23)14-17-3-4-17)21(29)13-16-5-7-18(33-2)8-6-16/h5-8,17H,3-4,9-15H2,1-2H3,(H,25,31). The number of nitrogens with one attached hydrogen (secondary N) is 1. The lowest BCUT2D eigenvalue weighted by atomic mass is 10.0. The van der Waals surface area contributed by atoms with Crippen LogP contribution in [0.2, 0.25) is 0 Å². The second kappa shape index (κ2) is 10.4. The predicted octanol–water partition coefficient (Wildman–Crippen LogP) is 2.44. The van der Waals surface area contributed by atoms with E-state index in [1.54, 1.807) is 11.8 Å². The Kier molecular flexibility index (Phi) is 7.37. The lowest BCUT2D eigenvalue weighted by Gasteiger charge is -2.28. The van der Waals surface area contributed by atoms with Crippen LogP contribution in [0.15, 0.2) is 29.2 Å². The van der Waals surface area contributed by atoms with Crippen LogP contribution in [0.3, 0.4) is 0 Å². The summed E-state index contributed by atoms with van der Waals surface area (Å²) in [4.78, 5) is 40.3. The highest BCUT2D eigenvalue weighted by atomic mass is 32.2. The molecule has 176 valence electrons. The summed E-state index contributed by atoms with van der Waals surface area (Å²) in [6.07, 6.45) is 5.53. The smallest absolute Gasteiger partial charge is 0.307 e. The van der Waals surface area contributed by atoms with Crippen LogP contribution in [0.4, 0.5) is 0 Å². The molecule has 1 saturated carbocycles. The van der Waals surface area contributed by atoms with Crippen molar-refractivity contribution in [2.75, 3.05) is 26.5 Å². The van der Waals surface area contributed by atoms with Crippen molar-refractivity contribution in [2.45, 2.75) is 50.1 Å². The summed E-state index contributed by atoms with van der Waals surface area (Å²) in [5.74, 6) is -0.0247. The Labute approximate surface area is 198 Å². The van der Waals surface area contributed by atoms with Gasteiger partial charge in [-0.1, -0.05) is 12.1 Å². The fourth-order valence-corrected chi connectivity index (χ4v) is 4.48. The molecule has 33 heavy (non-hydrogen) atoms. The van der Waals surface area contributed by atoms with E-state index < -0.39 is 0 Å². The number of methoxy groups -OCH3 is 1. The number of hydrogen-bond acceptors (Lipinski definition) is 6. The van der Waals surface area contributed by atoms with E-state index in [1.807, 2.05) is 40.1 Å². The van der Waals surface area contributed by atoms with Crippen LogP contribution in [0.5, 0.6) is 0 Å². The number of carbonyl (C=O) groups excluding carboxylic acids is 3. The molecule has 2 heterocycles. The highest BCUT2D eigenvalue weighted by Crippen LogP contribution is 2.32. The van der Waals surface area contributed by atoms with Crippen molar-refractivity contribution < 1.29 is 19.1 Å². The topological polar surface area (TPSA) is 93.5 Å². The first kappa shape index (κ1) is 23.4. The zero-order valence-corrected chi connectivity index (χ0v) is 20.0. The van der Waals surface area contributed by atoms with Crippen LogP contribution in [0.1, 0.15) is 46.6 Å². The van der Waals surface area contributed by atoms with E-state index in [2.05, 4.69) is 15.2 Å². The minimum atomic E-state index is -0.376. The quantitative estimate of drug-likeness (QED) is 0.447. The summed E-state index contributed by atoms with van der Waals surface area (Å²) in [6.45, 7) is 1.99. The van der Waals surface area contributed by atoms with Crippen LogP contribution >= 0.6 is 11.8 Å². The molecule has 8 nitrogen and oxygen atoms in total. The molecule has 4 rings (SSSR count). The summed E-state index contributed by atoms with van der Waals surface area (Å²) in [6, 6.07) is 8.04. The second-order valence-electron chi connectivity index (χ2n) is 8.57. The van der Waals surface area contributed by atoms with Gasteiger partial charge in [-0.15, -0.1) is 11.8 Å². The van der Waals surface area contributed by atoms with Crippen molar-refractivity contribution in [2.24, 2.45) is 5.92 Å². The Bertz CT molecular complexity index is 1030. The van der Waals surface area contributed by atoms with Gasteiger partial charge >= 0.3 is 5.97 Å². The van der Waals surface area contributed by atoms with Crippen molar-refractivity contribution in [3.05, 3.63) is 46.8 Å². The van der Waals surface area contributed by atoms with E-state index in [9.17, 15) is 14.4 Å². The van der Waals surface area contributed by atoms with Gasteiger partial charge in [0.15, 0.2) is 5.69 Å². The van der Waals surface area contributed by atoms with Crippen LogP contribution in [-0.4, -0.2) is 58.9 Å². The maximum atomic E-state index is 13.0. The fraction of sp³-hybridized carbons (Fsp3) is 0.500. The van der Waals surface area contributed by atoms with Gasteiger partial charge in [0.2, 0.25) is 5.91 Å². The van der Waals surface area contributed by atoms with Crippen molar-refractivity contribution in [1.82, 2.24) is 20.0 Å². The van der Waals surface area contributed by atoms with Gasteiger partial charge < -0.3 is 15.0 Å².